The Bertz CT molecular complexity index is 1540. The first-order valence-electron chi connectivity index (χ1n) is 14.4. The molecule has 1 unspecified atom stereocenters. The molecule has 0 amide bonds. The molecule has 2 nitrogen and oxygen atoms in total. The summed E-state index contributed by atoms with van der Waals surface area (Å²) in [7, 11) is 4.22. The van der Waals surface area contributed by atoms with Gasteiger partial charge in [0.05, 0.1) is 0 Å². The second kappa shape index (κ2) is 14.2. The molecule has 0 spiro atoms. The molecule has 0 saturated carbocycles. The van der Waals surface area contributed by atoms with Gasteiger partial charge in [-0.05, 0) is 77.7 Å². The summed E-state index contributed by atoms with van der Waals surface area (Å²) < 4.78 is 0. The predicted octanol–water partition coefficient (Wildman–Crippen LogP) is 8.97. The van der Waals surface area contributed by atoms with Gasteiger partial charge in [-0.1, -0.05) is 140 Å². The lowest BCUT2D eigenvalue weighted by Gasteiger charge is -2.23. The molecule has 0 fully saturated rings. The third kappa shape index (κ3) is 7.36. The van der Waals surface area contributed by atoms with Crippen molar-refractivity contribution in [2.75, 3.05) is 27.2 Å². The molecule has 0 aromatic heterocycles. The van der Waals surface area contributed by atoms with E-state index >= 15 is 0 Å². The first-order valence-corrected chi connectivity index (χ1v) is 14.4. The Morgan fingerprint density at radius 2 is 1.27 bits per heavy atom. The summed E-state index contributed by atoms with van der Waals surface area (Å²) in [5.41, 5.74) is 9.64. The standard InChI is InChI=1S/C39H38N2/c1-41(2)28-16-27-40-30-35-25-15-26-36(35)38(33-21-11-5-12-22-33)39(34-23-13-6-14-24-34)37(32-19-9-4-10-20-32)29-31-17-7-3-8-18-31/h3-15,17-26,29-30,35H,16,27-28H2,1-2H3/b37-29+,39-38+,40-30?. The van der Waals surface area contributed by atoms with Crippen LogP contribution in [0, 0.1) is 5.92 Å². The average molecular weight is 535 g/mol. The number of allylic oxidation sites excluding steroid dienone is 7. The van der Waals surface area contributed by atoms with E-state index < -0.39 is 0 Å². The van der Waals surface area contributed by atoms with E-state index in [1.54, 1.807) is 0 Å². The van der Waals surface area contributed by atoms with Crippen molar-refractivity contribution in [2.45, 2.75) is 6.42 Å². The molecule has 0 radical (unpaired) electrons. The maximum Gasteiger partial charge on any atom is 0.0397 e. The Labute approximate surface area is 245 Å². The number of hydrogen-bond donors (Lipinski definition) is 0. The van der Waals surface area contributed by atoms with Gasteiger partial charge in [-0.3, -0.25) is 4.99 Å². The zero-order valence-electron chi connectivity index (χ0n) is 24.0. The Morgan fingerprint density at radius 1 is 0.707 bits per heavy atom. The topological polar surface area (TPSA) is 15.6 Å². The molecule has 2 heteroatoms. The van der Waals surface area contributed by atoms with Crippen molar-refractivity contribution in [1.82, 2.24) is 4.90 Å². The Hall–Kier alpha value is -4.53. The van der Waals surface area contributed by atoms with Crippen LogP contribution in [0.5, 0.6) is 0 Å². The molecule has 0 heterocycles. The highest BCUT2D eigenvalue weighted by atomic mass is 15.0. The summed E-state index contributed by atoms with van der Waals surface area (Å²) in [5, 5.41) is 0. The number of nitrogens with zero attached hydrogens (tertiary/aromatic N) is 2. The monoisotopic (exact) mass is 534 g/mol. The van der Waals surface area contributed by atoms with Crippen LogP contribution in [0.4, 0.5) is 0 Å². The lowest BCUT2D eigenvalue weighted by molar-refractivity contribution is 0.403. The van der Waals surface area contributed by atoms with E-state index in [2.05, 4.69) is 171 Å². The third-order valence-corrected chi connectivity index (χ3v) is 7.24. The summed E-state index contributed by atoms with van der Waals surface area (Å²) >= 11 is 0. The van der Waals surface area contributed by atoms with Crippen molar-refractivity contribution in [3.63, 3.8) is 0 Å². The van der Waals surface area contributed by atoms with E-state index in [0.29, 0.717) is 0 Å². The van der Waals surface area contributed by atoms with E-state index in [9.17, 15) is 0 Å². The van der Waals surface area contributed by atoms with Crippen LogP contribution in [0.3, 0.4) is 0 Å². The predicted molar refractivity (Wildman–Crippen MR) is 178 cm³/mol. The van der Waals surface area contributed by atoms with Gasteiger partial charge in [0.2, 0.25) is 0 Å². The second-order valence-electron chi connectivity index (χ2n) is 10.6. The van der Waals surface area contributed by atoms with Gasteiger partial charge in [0.15, 0.2) is 0 Å². The minimum atomic E-state index is 0.108. The highest BCUT2D eigenvalue weighted by molar-refractivity contribution is 6.22. The van der Waals surface area contributed by atoms with Gasteiger partial charge >= 0.3 is 0 Å². The van der Waals surface area contributed by atoms with Gasteiger partial charge in [0.1, 0.15) is 0 Å². The summed E-state index contributed by atoms with van der Waals surface area (Å²) in [6.07, 6.45) is 12.2. The molecular formula is C39H38N2. The van der Waals surface area contributed by atoms with Gasteiger partial charge in [-0.25, -0.2) is 0 Å². The van der Waals surface area contributed by atoms with Crippen molar-refractivity contribution in [2.24, 2.45) is 10.9 Å². The van der Waals surface area contributed by atoms with Gasteiger partial charge in [0, 0.05) is 18.7 Å². The van der Waals surface area contributed by atoms with E-state index in [1.807, 2.05) is 0 Å². The van der Waals surface area contributed by atoms with E-state index in [1.165, 1.54) is 44.5 Å². The van der Waals surface area contributed by atoms with E-state index in [0.717, 1.165) is 19.5 Å². The molecule has 1 aliphatic carbocycles. The number of rotatable bonds is 11. The minimum absolute atomic E-state index is 0.108. The minimum Gasteiger partial charge on any atom is -0.309 e. The van der Waals surface area contributed by atoms with Crippen LogP contribution in [0.25, 0.3) is 22.8 Å². The van der Waals surface area contributed by atoms with Crippen molar-refractivity contribution >= 4 is 29.0 Å². The molecule has 0 saturated heterocycles. The molecule has 4 aromatic carbocycles. The number of aliphatic imine (C=N–C) groups is 1. The molecule has 1 atom stereocenters. The Balaban J connectivity index is 1.74. The van der Waals surface area contributed by atoms with Gasteiger partial charge in [-0.2, -0.15) is 0 Å². The quantitative estimate of drug-likeness (QED) is 0.0811. The van der Waals surface area contributed by atoms with Crippen molar-refractivity contribution in [3.05, 3.63) is 167 Å². The molecule has 4 aromatic rings. The van der Waals surface area contributed by atoms with Crippen LogP contribution in [-0.4, -0.2) is 38.3 Å². The number of benzene rings is 4. The summed E-state index contributed by atoms with van der Waals surface area (Å²) in [6.45, 7) is 1.87. The van der Waals surface area contributed by atoms with Gasteiger partial charge < -0.3 is 4.90 Å². The third-order valence-electron chi connectivity index (χ3n) is 7.24. The largest absolute Gasteiger partial charge is 0.309 e. The molecule has 204 valence electrons. The van der Waals surface area contributed by atoms with E-state index in [-0.39, 0.29) is 5.92 Å². The smallest absolute Gasteiger partial charge is 0.0397 e. The van der Waals surface area contributed by atoms with Crippen LogP contribution >= 0.6 is 0 Å². The highest BCUT2D eigenvalue weighted by Crippen LogP contribution is 2.44. The molecule has 0 bridgehead atoms. The molecular weight excluding hydrogens is 496 g/mol. The fourth-order valence-electron chi connectivity index (χ4n) is 5.27. The van der Waals surface area contributed by atoms with Crippen molar-refractivity contribution in [3.8, 4) is 0 Å². The Morgan fingerprint density at radius 3 is 1.88 bits per heavy atom. The first kappa shape index (κ1) is 28.0. The lowest BCUT2D eigenvalue weighted by Crippen LogP contribution is -2.13. The van der Waals surface area contributed by atoms with Crippen LogP contribution in [-0.2, 0) is 0 Å². The van der Waals surface area contributed by atoms with Gasteiger partial charge in [-0.15, -0.1) is 0 Å². The highest BCUT2D eigenvalue weighted by Gasteiger charge is 2.25. The normalized spacial score (nSPS) is 15.8. The SMILES string of the molecule is CN(C)CCCN=CC1C=CC=C1/C(=C(/C(=C/c1ccccc1)c1ccccc1)c1ccccc1)c1ccccc1. The van der Waals surface area contributed by atoms with Crippen LogP contribution in [0.1, 0.15) is 28.7 Å². The molecule has 1 aliphatic rings. The fourth-order valence-corrected chi connectivity index (χ4v) is 5.27. The molecule has 0 N–H and O–H groups in total. The second-order valence-corrected chi connectivity index (χ2v) is 10.6. The van der Waals surface area contributed by atoms with Crippen molar-refractivity contribution in [1.29, 1.82) is 0 Å². The zero-order valence-corrected chi connectivity index (χ0v) is 24.0. The first-order chi connectivity index (χ1) is 20.2. The average Bonchev–Trinajstić information content (AvgIpc) is 3.48. The molecule has 5 rings (SSSR count). The summed E-state index contributed by atoms with van der Waals surface area (Å²) in [5.74, 6) is 0.108. The van der Waals surface area contributed by atoms with Crippen LogP contribution < -0.4 is 0 Å². The maximum atomic E-state index is 4.87. The maximum absolute atomic E-state index is 4.87. The number of hydrogen-bond acceptors (Lipinski definition) is 2. The van der Waals surface area contributed by atoms with Crippen LogP contribution in [0.15, 0.2) is 150 Å². The summed E-state index contributed by atoms with van der Waals surface area (Å²) in [6, 6.07) is 43.0. The Kier molecular flexibility index (Phi) is 9.71. The molecule has 0 aliphatic heterocycles. The van der Waals surface area contributed by atoms with E-state index in [4.69, 9.17) is 4.99 Å². The van der Waals surface area contributed by atoms with Gasteiger partial charge in [0.25, 0.3) is 0 Å². The fraction of sp³-hybridized carbons (Fsp3) is 0.154. The van der Waals surface area contributed by atoms with Crippen LogP contribution in [0.2, 0.25) is 0 Å². The summed E-state index contributed by atoms with van der Waals surface area (Å²) in [4.78, 5) is 7.08. The molecule has 41 heavy (non-hydrogen) atoms. The van der Waals surface area contributed by atoms with Crippen molar-refractivity contribution < 1.29 is 0 Å². The zero-order chi connectivity index (χ0) is 28.3. The lowest BCUT2D eigenvalue weighted by atomic mass is 9.80.